The Labute approximate surface area is 82.2 Å². The highest BCUT2D eigenvalue weighted by Gasteiger charge is 2.31. The Morgan fingerprint density at radius 3 is 2.46 bits per heavy atom. The van der Waals surface area contributed by atoms with Crippen molar-refractivity contribution in [2.24, 2.45) is 0 Å². The molecule has 2 nitrogen and oxygen atoms in total. The second kappa shape index (κ2) is 4.31. The summed E-state index contributed by atoms with van der Waals surface area (Å²) >= 11 is 1.85. The van der Waals surface area contributed by atoms with Gasteiger partial charge in [0.2, 0.25) is 5.67 Å². The van der Waals surface area contributed by atoms with Crippen molar-refractivity contribution in [2.75, 3.05) is 11.5 Å². The number of alkyl halides is 1. The van der Waals surface area contributed by atoms with Crippen molar-refractivity contribution in [2.45, 2.75) is 38.5 Å². The van der Waals surface area contributed by atoms with Gasteiger partial charge in [0.05, 0.1) is 0 Å². The smallest absolute Gasteiger partial charge is 0.343 e. The van der Waals surface area contributed by atoms with Crippen LogP contribution in [0.5, 0.6) is 0 Å². The van der Waals surface area contributed by atoms with E-state index in [1.54, 1.807) is 0 Å². The Hall–Kier alpha value is -0.250. The molecule has 1 saturated heterocycles. The van der Waals surface area contributed by atoms with Gasteiger partial charge in [0.15, 0.2) is 0 Å². The van der Waals surface area contributed by atoms with Gasteiger partial charge in [0.25, 0.3) is 0 Å². The Kier molecular flexibility index (Phi) is 3.59. The third kappa shape index (κ3) is 3.55. The lowest BCUT2D eigenvalue weighted by Gasteiger charge is -2.24. The van der Waals surface area contributed by atoms with Crippen LogP contribution in [0.1, 0.15) is 26.7 Å². The lowest BCUT2D eigenvalue weighted by Crippen LogP contribution is -2.33. The molecule has 0 atom stereocenters. The first-order valence-corrected chi connectivity index (χ1v) is 5.63. The largest absolute Gasteiger partial charge is 0.460 e. The third-order valence-corrected chi connectivity index (χ3v) is 2.98. The van der Waals surface area contributed by atoms with E-state index < -0.39 is 11.6 Å². The predicted octanol–water partition coefficient (Wildman–Crippen LogP) is 2.17. The van der Waals surface area contributed by atoms with Crippen molar-refractivity contribution in [1.29, 1.82) is 0 Å². The molecular formula is C9H15FO2S. The lowest BCUT2D eigenvalue weighted by atomic mass is 10.1. The summed E-state index contributed by atoms with van der Waals surface area (Å²) in [5.74, 6) is 1.28. The number of halogens is 1. The molecule has 1 fully saturated rings. The molecule has 76 valence electrons. The van der Waals surface area contributed by atoms with Gasteiger partial charge in [-0.3, -0.25) is 0 Å². The van der Waals surface area contributed by atoms with Crippen LogP contribution in [-0.4, -0.2) is 29.2 Å². The van der Waals surface area contributed by atoms with E-state index in [1.807, 2.05) is 11.8 Å². The zero-order chi connectivity index (χ0) is 9.90. The van der Waals surface area contributed by atoms with Crippen LogP contribution < -0.4 is 0 Å². The number of esters is 1. The van der Waals surface area contributed by atoms with E-state index in [9.17, 15) is 9.18 Å². The fraction of sp³-hybridized carbons (Fsp3) is 0.889. The summed E-state index contributed by atoms with van der Waals surface area (Å²) in [6.07, 6.45) is 1.64. The van der Waals surface area contributed by atoms with Crippen molar-refractivity contribution in [3.63, 3.8) is 0 Å². The molecule has 0 unspecified atom stereocenters. The van der Waals surface area contributed by atoms with Crippen LogP contribution in [0.2, 0.25) is 0 Å². The van der Waals surface area contributed by atoms with E-state index in [2.05, 4.69) is 0 Å². The molecule has 1 rings (SSSR count). The van der Waals surface area contributed by atoms with Crippen molar-refractivity contribution in [3.05, 3.63) is 0 Å². The molecule has 0 aromatic heterocycles. The molecule has 0 radical (unpaired) electrons. The predicted molar refractivity (Wildman–Crippen MR) is 51.6 cm³/mol. The molecule has 0 aliphatic carbocycles. The zero-order valence-corrected chi connectivity index (χ0v) is 8.82. The number of carbonyl (C=O) groups is 1. The van der Waals surface area contributed by atoms with Crippen molar-refractivity contribution in [3.8, 4) is 0 Å². The minimum atomic E-state index is -1.86. The normalized spacial score (nSPS) is 19.9. The van der Waals surface area contributed by atoms with Gasteiger partial charge < -0.3 is 4.74 Å². The van der Waals surface area contributed by atoms with Crippen LogP contribution in [0.15, 0.2) is 0 Å². The second-order valence-corrected chi connectivity index (χ2v) is 4.91. The lowest BCUT2D eigenvalue weighted by molar-refractivity contribution is -0.161. The summed E-state index contributed by atoms with van der Waals surface area (Å²) in [5.41, 5.74) is -1.86. The molecule has 1 aliphatic rings. The van der Waals surface area contributed by atoms with Crippen LogP contribution in [0, 0.1) is 0 Å². The molecule has 0 aromatic rings. The summed E-state index contributed by atoms with van der Waals surface area (Å²) < 4.78 is 18.1. The minimum absolute atomic E-state index is 0.0659. The molecule has 0 spiro atoms. The van der Waals surface area contributed by atoms with E-state index in [1.165, 1.54) is 13.8 Å². The van der Waals surface area contributed by atoms with Crippen molar-refractivity contribution >= 4 is 17.7 Å². The fourth-order valence-electron chi connectivity index (χ4n) is 1.09. The standard InChI is InChI=1S/C9H15FO2S/c1-9(2,10)8(11)12-7-3-5-13-6-4-7/h7H,3-6H2,1-2H3. The maximum atomic E-state index is 13.1. The average Bonchev–Trinajstić information content (AvgIpc) is 2.04. The van der Waals surface area contributed by atoms with Crippen LogP contribution >= 0.6 is 11.8 Å². The summed E-state index contributed by atoms with van der Waals surface area (Å²) in [4.78, 5) is 11.1. The highest BCUT2D eigenvalue weighted by atomic mass is 32.2. The molecule has 4 heteroatoms. The topological polar surface area (TPSA) is 26.3 Å². The van der Waals surface area contributed by atoms with Gasteiger partial charge in [0.1, 0.15) is 6.10 Å². The first kappa shape index (κ1) is 10.8. The van der Waals surface area contributed by atoms with Crippen molar-refractivity contribution < 1.29 is 13.9 Å². The molecule has 0 bridgehead atoms. The Bertz CT molecular complexity index is 183. The number of carbonyl (C=O) groups excluding carboxylic acids is 1. The monoisotopic (exact) mass is 206 g/mol. The number of hydrogen-bond acceptors (Lipinski definition) is 3. The number of thioether (sulfide) groups is 1. The number of hydrogen-bond donors (Lipinski definition) is 0. The summed E-state index contributed by atoms with van der Waals surface area (Å²) in [6.45, 7) is 2.46. The average molecular weight is 206 g/mol. The second-order valence-electron chi connectivity index (χ2n) is 3.69. The summed E-state index contributed by atoms with van der Waals surface area (Å²) in [7, 11) is 0. The molecular weight excluding hydrogens is 191 g/mol. The summed E-state index contributed by atoms with van der Waals surface area (Å²) in [5, 5.41) is 0. The third-order valence-electron chi connectivity index (χ3n) is 1.93. The maximum absolute atomic E-state index is 13.1. The zero-order valence-electron chi connectivity index (χ0n) is 8.01. The Balaban J connectivity index is 2.35. The van der Waals surface area contributed by atoms with Crippen LogP contribution in [0.25, 0.3) is 0 Å². The Morgan fingerprint density at radius 1 is 1.46 bits per heavy atom. The maximum Gasteiger partial charge on any atom is 0.343 e. The molecule has 0 saturated carbocycles. The molecule has 1 aliphatic heterocycles. The van der Waals surface area contributed by atoms with Gasteiger partial charge in [-0.1, -0.05) is 0 Å². The number of ether oxygens (including phenoxy) is 1. The van der Waals surface area contributed by atoms with Gasteiger partial charge in [-0.15, -0.1) is 0 Å². The SMILES string of the molecule is CC(C)(F)C(=O)OC1CCSCC1. The fourth-order valence-corrected chi connectivity index (χ4v) is 2.15. The van der Waals surface area contributed by atoms with Gasteiger partial charge in [-0.2, -0.15) is 11.8 Å². The highest BCUT2D eigenvalue weighted by Crippen LogP contribution is 2.22. The van der Waals surface area contributed by atoms with Gasteiger partial charge in [-0.25, -0.2) is 9.18 Å². The first-order chi connectivity index (χ1) is 6.00. The molecule has 1 heterocycles. The van der Waals surface area contributed by atoms with Crippen LogP contribution in [0.3, 0.4) is 0 Å². The molecule has 13 heavy (non-hydrogen) atoms. The van der Waals surface area contributed by atoms with Gasteiger partial charge in [0, 0.05) is 0 Å². The Morgan fingerprint density at radius 2 is 2.00 bits per heavy atom. The minimum Gasteiger partial charge on any atom is -0.460 e. The van der Waals surface area contributed by atoms with E-state index in [-0.39, 0.29) is 6.10 Å². The van der Waals surface area contributed by atoms with E-state index in [0.717, 1.165) is 24.3 Å². The van der Waals surface area contributed by atoms with E-state index in [0.29, 0.717) is 0 Å². The quantitative estimate of drug-likeness (QED) is 0.648. The molecule has 0 amide bonds. The first-order valence-electron chi connectivity index (χ1n) is 4.48. The van der Waals surface area contributed by atoms with Gasteiger partial charge >= 0.3 is 5.97 Å². The molecule has 0 N–H and O–H groups in total. The van der Waals surface area contributed by atoms with E-state index in [4.69, 9.17) is 4.74 Å². The number of rotatable bonds is 2. The highest BCUT2D eigenvalue weighted by molar-refractivity contribution is 7.99. The summed E-state index contributed by atoms with van der Waals surface area (Å²) in [6, 6.07) is 0. The van der Waals surface area contributed by atoms with Crippen LogP contribution in [0.4, 0.5) is 4.39 Å². The molecule has 0 aromatic carbocycles. The van der Waals surface area contributed by atoms with Crippen LogP contribution in [-0.2, 0) is 9.53 Å². The van der Waals surface area contributed by atoms with Crippen molar-refractivity contribution in [1.82, 2.24) is 0 Å². The van der Waals surface area contributed by atoms with Gasteiger partial charge in [-0.05, 0) is 38.2 Å². The van der Waals surface area contributed by atoms with E-state index >= 15 is 0 Å².